The average Bonchev–Trinajstić information content (AvgIpc) is 2.50. The second kappa shape index (κ2) is 8.04. The Morgan fingerprint density at radius 3 is 2.10 bits per heavy atom. The van der Waals surface area contributed by atoms with Crippen LogP contribution in [0.25, 0.3) is 0 Å². The fourth-order valence-corrected chi connectivity index (χ4v) is 1.80. The number of phenols is 1. The summed E-state index contributed by atoms with van der Waals surface area (Å²) in [5.41, 5.74) is 0. The number of phenolic OH excluding ortho intramolecular Hbond substituents is 1. The minimum atomic E-state index is 0.236. The largest absolute Gasteiger partial charge is 0.508 e. The van der Waals surface area contributed by atoms with Crippen molar-refractivity contribution < 1.29 is 19.3 Å². The molecule has 0 aliphatic rings. The molecule has 2 aromatic rings. The Labute approximate surface area is 124 Å². The second-order valence-corrected chi connectivity index (χ2v) is 4.45. The quantitative estimate of drug-likeness (QED) is 0.753. The molecule has 2 aromatic carbocycles. The summed E-state index contributed by atoms with van der Waals surface area (Å²) in [7, 11) is 0. The maximum Gasteiger partial charge on any atom is 0.122 e. The van der Waals surface area contributed by atoms with E-state index in [9.17, 15) is 0 Å². The molecule has 0 unspecified atom stereocenters. The van der Waals surface area contributed by atoms with Gasteiger partial charge in [0.15, 0.2) is 0 Å². The highest BCUT2D eigenvalue weighted by molar-refractivity contribution is 5.33. The summed E-state index contributed by atoms with van der Waals surface area (Å²) >= 11 is 0. The number of ether oxygens (including phenoxy) is 3. The predicted octanol–water partition coefficient (Wildman–Crippen LogP) is 3.64. The van der Waals surface area contributed by atoms with Gasteiger partial charge in [0.2, 0.25) is 0 Å². The minimum Gasteiger partial charge on any atom is -0.508 e. The van der Waals surface area contributed by atoms with E-state index in [0.717, 1.165) is 23.7 Å². The van der Waals surface area contributed by atoms with Gasteiger partial charge in [-0.25, -0.2) is 0 Å². The zero-order valence-corrected chi connectivity index (χ0v) is 12.1. The summed E-state index contributed by atoms with van der Waals surface area (Å²) in [4.78, 5) is 0. The zero-order chi connectivity index (χ0) is 14.9. The Kier molecular flexibility index (Phi) is 5.76. The summed E-state index contributed by atoms with van der Waals surface area (Å²) in [6.45, 7) is 3.74. The first kappa shape index (κ1) is 15.0. The first-order valence-electron chi connectivity index (χ1n) is 7.05. The SMILES string of the molecule is CCOc1cccc(OCCCOc2ccc(O)cc2)c1. The van der Waals surface area contributed by atoms with E-state index in [1.54, 1.807) is 24.3 Å². The smallest absolute Gasteiger partial charge is 0.122 e. The lowest BCUT2D eigenvalue weighted by molar-refractivity contribution is 0.246. The highest BCUT2D eigenvalue weighted by Crippen LogP contribution is 2.19. The van der Waals surface area contributed by atoms with Crippen LogP contribution in [0.4, 0.5) is 0 Å². The predicted molar refractivity (Wildman–Crippen MR) is 81.3 cm³/mol. The average molecular weight is 288 g/mol. The summed E-state index contributed by atoms with van der Waals surface area (Å²) in [6, 6.07) is 14.3. The van der Waals surface area contributed by atoms with E-state index in [0.29, 0.717) is 19.8 Å². The molecule has 4 heteroatoms. The molecule has 0 bridgehead atoms. The number of rotatable bonds is 8. The molecule has 1 N–H and O–H groups in total. The van der Waals surface area contributed by atoms with E-state index < -0.39 is 0 Å². The number of hydrogen-bond donors (Lipinski definition) is 1. The van der Waals surface area contributed by atoms with Crippen molar-refractivity contribution >= 4 is 0 Å². The van der Waals surface area contributed by atoms with Gasteiger partial charge in [-0.3, -0.25) is 0 Å². The van der Waals surface area contributed by atoms with Gasteiger partial charge in [0.1, 0.15) is 23.0 Å². The standard InChI is InChI=1S/C17H20O4/c1-2-19-16-5-3-6-17(13-16)21-12-4-11-20-15-9-7-14(18)8-10-15/h3,5-10,13,18H,2,4,11-12H2,1H3. The van der Waals surface area contributed by atoms with Gasteiger partial charge in [-0.05, 0) is 43.3 Å². The molecule has 21 heavy (non-hydrogen) atoms. The maximum atomic E-state index is 9.17. The van der Waals surface area contributed by atoms with E-state index in [1.807, 2.05) is 31.2 Å². The number of hydrogen-bond acceptors (Lipinski definition) is 4. The molecule has 4 nitrogen and oxygen atoms in total. The fourth-order valence-electron chi connectivity index (χ4n) is 1.80. The van der Waals surface area contributed by atoms with Gasteiger partial charge in [-0.2, -0.15) is 0 Å². The van der Waals surface area contributed by atoms with Gasteiger partial charge in [-0.15, -0.1) is 0 Å². The van der Waals surface area contributed by atoms with E-state index in [4.69, 9.17) is 19.3 Å². The highest BCUT2D eigenvalue weighted by atomic mass is 16.5. The van der Waals surface area contributed by atoms with E-state index >= 15 is 0 Å². The van der Waals surface area contributed by atoms with Crippen LogP contribution in [0.5, 0.6) is 23.0 Å². The molecule has 0 amide bonds. The van der Waals surface area contributed by atoms with Crippen LogP contribution in [0.2, 0.25) is 0 Å². The van der Waals surface area contributed by atoms with Crippen molar-refractivity contribution in [2.24, 2.45) is 0 Å². The molecule has 0 radical (unpaired) electrons. The van der Waals surface area contributed by atoms with Crippen LogP contribution in [0.15, 0.2) is 48.5 Å². The van der Waals surface area contributed by atoms with Crippen LogP contribution in [0, 0.1) is 0 Å². The van der Waals surface area contributed by atoms with Gasteiger partial charge in [0.25, 0.3) is 0 Å². The van der Waals surface area contributed by atoms with Gasteiger partial charge in [0.05, 0.1) is 19.8 Å². The molecular formula is C17H20O4. The molecule has 0 saturated carbocycles. The Morgan fingerprint density at radius 2 is 1.43 bits per heavy atom. The molecule has 0 spiro atoms. The topological polar surface area (TPSA) is 47.9 Å². The van der Waals surface area contributed by atoms with Gasteiger partial charge in [0, 0.05) is 12.5 Å². The van der Waals surface area contributed by atoms with Crippen molar-refractivity contribution in [1.29, 1.82) is 0 Å². The number of aromatic hydroxyl groups is 1. The lowest BCUT2D eigenvalue weighted by atomic mass is 10.3. The first-order chi connectivity index (χ1) is 10.3. The molecule has 0 saturated heterocycles. The monoisotopic (exact) mass is 288 g/mol. The van der Waals surface area contributed by atoms with Crippen molar-refractivity contribution in [1.82, 2.24) is 0 Å². The minimum absolute atomic E-state index is 0.236. The van der Waals surface area contributed by atoms with Crippen molar-refractivity contribution in [3.05, 3.63) is 48.5 Å². The first-order valence-corrected chi connectivity index (χ1v) is 7.05. The third kappa shape index (κ3) is 5.26. The molecule has 0 heterocycles. The Bertz CT molecular complexity index is 537. The maximum absolute atomic E-state index is 9.17. The van der Waals surface area contributed by atoms with Crippen LogP contribution in [-0.2, 0) is 0 Å². The van der Waals surface area contributed by atoms with Crippen molar-refractivity contribution in [2.75, 3.05) is 19.8 Å². The van der Waals surface area contributed by atoms with Gasteiger partial charge in [-0.1, -0.05) is 6.07 Å². The number of benzene rings is 2. The van der Waals surface area contributed by atoms with E-state index in [-0.39, 0.29) is 5.75 Å². The summed E-state index contributed by atoms with van der Waals surface area (Å²) in [5.74, 6) is 2.59. The lowest BCUT2D eigenvalue weighted by Crippen LogP contribution is -2.05. The molecule has 0 atom stereocenters. The van der Waals surface area contributed by atoms with Crippen molar-refractivity contribution in [3.8, 4) is 23.0 Å². The Hall–Kier alpha value is -2.36. The van der Waals surface area contributed by atoms with E-state index in [1.165, 1.54) is 0 Å². The van der Waals surface area contributed by atoms with Crippen LogP contribution in [-0.4, -0.2) is 24.9 Å². The van der Waals surface area contributed by atoms with Crippen LogP contribution < -0.4 is 14.2 Å². The molecule has 2 rings (SSSR count). The fraction of sp³-hybridized carbons (Fsp3) is 0.294. The van der Waals surface area contributed by atoms with E-state index in [2.05, 4.69) is 0 Å². The van der Waals surface area contributed by atoms with Crippen molar-refractivity contribution in [3.63, 3.8) is 0 Å². The summed E-state index contributed by atoms with van der Waals surface area (Å²) in [5, 5.41) is 9.17. The van der Waals surface area contributed by atoms with Gasteiger partial charge < -0.3 is 19.3 Å². The Morgan fingerprint density at radius 1 is 0.810 bits per heavy atom. The second-order valence-electron chi connectivity index (χ2n) is 4.45. The van der Waals surface area contributed by atoms with Crippen LogP contribution in [0.1, 0.15) is 13.3 Å². The molecule has 0 fully saturated rings. The highest BCUT2D eigenvalue weighted by Gasteiger charge is 1.98. The third-order valence-corrected chi connectivity index (χ3v) is 2.78. The third-order valence-electron chi connectivity index (χ3n) is 2.78. The van der Waals surface area contributed by atoms with Crippen LogP contribution in [0.3, 0.4) is 0 Å². The Balaban J connectivity index is 1.67. The molecule has 0 aliphatic heterocycles. The summed E-state index contributed by atoms with van der Waals surface area (Å²) < 4.78 is 16.6. The normalized spacial score (nSPS) is 10.1. The zero-order valence-electron chi connectivity index (χ0n) is 12.1. The van der Waals surface area contributed by atoms with Gasteiger partial charge >= 0.3 is 0 Å². The summed E-state index contributed by atoms with van der Waals surface area (Å²) in [6.07, 6.45) is 0.778. The van der Waals surface area contributed by atoms with Crippen molar-refractivity contribution in [2.45, 2.75) is 13.3 Å². The van der Waals surface area contributed by atoms with Crippen LogP contribution >= 0.6 is 0 Å². The molecule has 112 valence electrons. The lowest BCUT2D eigenvalue weighted by Gasteiger charge is -2.09. The molecule has 0 aromatic heterocycles. The molecular weight excluding hydrogens is 268 g/mol. The molecule has 0 aliphatic carbocycles.